The standard InChI is InChI=1S/C20H15FN2O3S2/c21-15-6-4-5-14(11-15)13-23-17-9-10-27-20(17)19(24)18(28(23,25)26)12-22-16-7-2-1-3-8-16/h1-12,22H,13H2/b18-12-. The molecule has 142 valence electrons. The monoisotopic (exact) mass is 414 g/mol. The second kappa shape index (κ2) is 7.21. The number of ketones is 1. The van der Waals surface area contributed by atoms with E-state index in [1.807, 2.05) is 6.07 Å². The Bertz CT molecular complexity index is 1170. The van der Waals surface area contributed by atoms with Gasteiger partial charge in [0.05, 0.1) is 12.2 Å². The highest BCUT2D eigenvalue weighted by molar-refractivity contribution is 7.97. The van der Waals surface area contributed by atoms with Gasteiger partial charge in [-0.05, 0) is 41.3 Å². The molecule has 4 rings (SSSR count). The largest absolute Gasteiger partial charge is 0.360 e. The van der Waals surface area contributed by atoms with Gasteiger partial charge in [-0.3, -0.25) is 9.10 Å². The van der Waals surface area contributed by atoms with Gasteiger partial charge in [0.15, 0.2) is 4.91 Å². The van der Waals surface area contributed by atoms with Crippen molar-refractivity contribution in [2.75, 3.05) is 9.62 Å². The number of thiophene rings is 1. The smallest absolute Gasteiger partial charge is 0.270 e. The molecule has 0 amide bonds. The fraction of sp³-hybridized carbons (Fsp3) is 0.0500. The van der Waals surface area contributed by atoms with Crippen LogP contribution in [-0.4, -0.2) is 14.2 Å². The number of nitrogens with zero attached hydrogens (tertiary/aromatic N) is 1. The number of hydrogen-bond acceptors (Lipinski definition) is 5. The molecular weight excluding hydrogens is 399 g/mol. The van der Waals surface area contributed by atoms with Gasteiger partial charge in [0.25, 0.3) is 10.0 Å². The van der Waals surface area contributed by atoms with E-state index in [1.54, 1.807) is 41.8 Å². The molecule has 2 heterocycles. The minimum atomic E-state index is -4.11. The lowest BCUT2D eigenvalue weighted by molar-refractivity contribution is 0.104. The van der Waals surface area contributed by atoms with Crippen molar-refractivity contribution >= 4 is 38.5 Å². The molecule has 0 fully saturated rings. The number of anilines is 2. The first-order valence-electron chi connectivity index (χ1n) is 8.38. The summed E-state index contributed by atoms with van der Waals surface area (Å²) in [6.45, 7) is -0.0697. The van der Waals surface area contributed by atoms with Crippen molar-refractivity contribution in [3.05, 3.63) is 93.4 Å². The van der Waals surface area contributed by atoms with Crippen molar-refractivity contribution in [3.8, 4) is 0 Å². The number of fused-ring (bicyclic) bond motifs is 1. The Morgan fingerprint density at radius 1 is 1.07 bits per heavy atom. The topological polar surface area (TPSA) is 66.5 Å². The normalized spacial score (nSPS) is 16.8. The Morgan fingerprint density at radius 2 is 1.86 bits per heavy atom. The number of para-hydroxylation sites is 1. The third kappa shape index (κ3) is 3.32. The Morgan fingerprint density at radius 3 is 2.61 bits per heavy atom. The molecule has 0 atom stereocenters. The number of carbonyl (C=O) groups excluding carboxylic acids is 1. The lowest BCUT2D eigenvalue weighted by atomic mass is 10.2. The summed E-state index contributed by atoms with van der Waals surface area (Å²) in [5, 5.41) is 4.54. The predicted molar refractivity (Wildman–Crippen MR) is 108 cm³/mol. The maximum absolute atomic E-state index is 13.6. The van der Waals surface area contributed by atoms with Crippen molar-refractivity contribution in [2.45, 2.75) is 6.54 Å². The third-order valence-corrected chi connectivity index (χ3v) is 6.94. The van der Waals surface area contributed by atoms with E-state index in [0.717, 1.165) is 4.31 Å². The highest BCUT2D eigenvalue weighted by Gasteiger charge is 2.41. The average molecular weight is 414 g/mol. The number of benzene rings is 2. The summed E-state index contributed by atoms with van der Waals surface area (Å²) in [5.41, 5.74) is 1.47. The zero-order valence-electron chi connectivity index (χ0n) is 14.5. The van der Waals surface area contributed by atoms with Crippen LogP contribution in [0.3, 0.4) is 0 Å². The lowest BCUT2D eigenvalue weighted by Gasteiger charge is -2.29. The van der Waals surface area contributed by atoms with Gasteiger partial charge in [-0.25, -0.2) is 12.8 Å². The summed E-state index contributed by atoms with van der Waals surface area (Å²) in [5.74, 6) is -1.00. The van der Waals surface area contributed by atoms with Gasteiger partial charge in [0, 0.05) is 11.9 Å². The molecule has 1 N–H and O–H groups in total. The summed E-state index contributed by atoms with van der Waals surface area (Å²) < 4.78 is 41.1. The number of rotatable bonds is 4. The number of halogens is 1. The van der Waals surface area contributed by atoms with Crippen LogP contribution in [0.4, 0.5) is 15.8 Å². The minimum Gasteiger partial charge on any atom is -0.360 e. The fourth-order valence-electron chi connectivity index (χ4n) is 2.94. The van der Waals surface area contributed by atoms with Crippen molar-refractivity contribution in [1.82, 2.24) is 0 Å². The maximum Gasteiger partial charge on any atom is 0.270 e. The molecule has 0 spiro atoms. The van der Waals surface area contributed by atoms with Gasteiger partial charge in [-0.2, -0.15) is 0 Å². The van der Waals surface area contributed by atoms with E-state index in [1.165, 1.54) is 35.7 Å². The highest BCUT2D eigenvalue weighted by atomic mass is 32.2. The molecular formula is C20H15FN2O3S2. The highest BCUT2D eigenvalue weighted by Crippen LogP contribution is 2.39. The fourth-order valence-corrected chi connectivity index (χ4v) is 5.42. The molecule has 0 unspecified atom stereocenters. The van der Waals surface area contributed by atoms with Crippen LogP contribution < -0.4 is 9.62 Å². The van der Waals surface area contributed by atoms with Crippen LogP contribution in [0.25, 0.3) is 0 Å². The van der Waals surface area contributed by atoms with Crippen LogP contribution in [0.2, 0.25) is 0 Å². The predicted octanol–water partition coefficient (Wildman–Crippen LogP) is 4.37. The molecule has 0 aliphatic carbocycles. The lowest BCUT2D eigenvalue weighted by Crippen LogP contribution is -2.38. The molecule has 1 aliphatic rings. The first-order valence-corrected chi connectivity index (χ1v) is 10.7. The number of nitrogens with one attached hydrogen (secondary N) is 1. The molecule has 8 heteroatoms. The van der Waals surface area contributed by atoms with E-state index in [4.69, 9.17) is 0 Å². The van der Waals surface area contributed by atoms with Crippen molar-refractivity contribution < 1.29 is 17.6 Å². The number of hydrogen-bond donors (Lipinski definition) is 1. The number of allylic oxidation sites excluding steroid dienone is 1. The van der Waals surface area contributed by atoms with Crippen LogP contribution in [0.1, 0.15) is 15.2 Å². The van der Waals surface area contributed by atoms with E-state index in [0.29, 0.717) is 21.8 Å². The summed E-state index contributed by atoms with van der Waals surface area (Å²) in [6.07, 6.45) is 1.22. The van der Waals surface area contributed by atoms with Crippen LogP contribution in [-0.2, 0) is 16.6 Å². The third-order valence-electron chi connectivity index (χ3n) is 4.27. The first-order chi connectivity index (χ1) is 13.5. The Kier molecular flexibility index (Phi) is 4.74. The second-order valence-electron chi connectivity index (χ2n) is 6.12. The van der Waals surface area contributed by atoms with E-state index >= 15 is 0 Å². The molecule has 1 aromatic heterocycles. The van der Waals surface area contributed by atoms with E-state index in [2.05, 4.69) is 5.32 Å². The molecule has 5 nitrogen and oxygen atoms in total. The zero-order valence-corrected chi connectivity index (χ0v) is 16.1. The van der Waals surface area contributed by atoms with E-state index in [-0.39, 0.29) is 11.4 Å². The van der Waals surface area contributed by atoms with Gasteiger partial charge in [-0.15, -0.1) is 11.3 Å². The van der Waals surface area contributed by atoms with Crippen molar-refractivity contribution in [3.63, 3.8) is 0 Å². The Hall–Kier alpha value is -2.97. The van der Waals surface area contributed by atoms with Gasteiger partial charge < -0.3 is 5.32 Å². The van der Waals surface area contributed by atoms with Crippen molar-refractivity contribution in [1.29, 1.82) is 0 Å². The van der Waals surface area contributed by atoms with Gasteiger partial charge >= 0.3 is 0 Å². The summed E-state index contributed by atoms with van der Waals surface area (Å²) in [7, 11) is -4.11. The number of sulfonamides is 1. The van der Waals surface area contributed by atoms with Crippen LogP contribution in [0, 0.1) is 5.82 Å². The summed E-state index contributed by atoms with van der Waals surface area (Å²) in [4.78, 5) is 12.8. The summed E-state index contributed by atoms with van der Waals surface area (Å²) >= 11 is 1.18. The molecule has 0 bridgehead atoms. The Labute approximate surface area is 165 Å². The average Bonchev–Trinajstić information content (AvgIpc) is 3.15. The Balaban J connectivity index is 1.76. The first kappa shape index (κ1) is 18.4. The molecule has 3 aromatic rings. The second-order valence-corrected chi connectivity index (χ2v) is 8.87. The summed E-state index contributed by atoms with van der Waals surface area (Å²) in [6, 6.07) is 16.3. The van der Waals surface area contributed by atoms with Gasteiger partial charge in [0.1, 0.15) is 10.7 Å². The molecule has 0 saturated heterocycles. The van der Waals surface area contributed by atoms with E-state index in [9.17, 15) is 17.6 Å². The quantitative estimate of drug-likeness (QED) is 0.644. The number of carbonyl (C=O) groups is 1. The van der Waals surface area contributed by atoms with Crippen LogP contribution in [0.15, 0.2) is 77.1 Å². The van der Waals surface area contributed by atoms with Gasteiger partial charge in [0.2, 0.25) is 5.78 Å². The van der Waals surface area contributed by atoms with Crippen LogP contribution >= 0.6 is 11.3 Å². The number of Topliss-reactive ketones (excluding diaryl/α,β-unsaturated/α-hetero) is 1. The van der Waals surface area contributed by atoms with Crippen LogP contribution in [0.5, 0.6) is 0 Å². The molecule has 1 aliphatic heterocycles. The molecule has 28 heavy (non-hydrogen) atoms. The van der Waals surface area contributed by atoms with Gasteiger partial charge in [-0.1, -0.05) is 30.3 Å². The van der Waals surface area contributed by atoms with E-state index < -0.39 is 21.6 Å². The molecule has 0 saturated carbocycles. The SMILES string of the molecule is O=C1/C(=C/Nc2ccccc2)S(=O)(=O)N(Cc2cccc(F)c2)c2ccsc21. The van der Waals surface area contributed by atoms with Crippen molar-refractivity contribution in [2.24, 2.45) is 0 Å². The zero-order chi connectivity index (χ0) is 19.7. The molecule has 2 aromatic carbocycles. The molecule has 0 radical (unpaired) electrons. The minimum absolute atomic E-state index is 0.0697. The maximum atomic E-state index is 13.6.